The maximum Gasteiger partial charge on any atom is 0.255 e. The molecule has 0 saturated heterocycles. The van der Waals surface area contributed by atoms with E-state index in [9.17, 15) is 4.79 Å². The molecule has 32 heavy (non-hydrogen) atoms. The van der Waals surface area contributed by atoms with Crippen LogP contribution in [0.4, 0.5) is 22.9 Å². The fourth-order valence-electron chi connectivity index (χ4n) is 3.54. The van der Waals surface area contributed by atoms with Gasteiger partial charge in [-0.1, -0.05) is 12.1 Å². The number of amides is 1. The van der Waals surface area contributed by atoms with Crippen LogP contribution in [0.25, 0.3) is 11.3 Å². The van der Waals surface area contributed by atoms with Gasteiger partial charge in [-0.15, -0.1) is 5.10 Å². The molecule has 2 aromatic carbocycles. The number of imidazole rings is 1. The van der Waals surface area contributed by atoms with Crippen molar-refractivity contribution in [1.82, 2.24) is 19.7 Å². The van der Waals surface area contributed by atoms with E-state index in [1.54, 1.807) is 30.5 Å². The number of nitrogens with one attached hydrogen (secondary N) is 2. The molecule has 8 heteroatoms. The Hall–Kier alpha value is -4.20. The minimum Gasteiger partial charge on any atom is -0.397 e. The lowest BCUT2D eigenvalue weighted by atomic mass is 10.1. The fourth-order valence-corrected chi connectivity index (χ4v) is 3.54. The number of carbonyl (C=O) groups excluding carboxylic acids is 1. The van der Waals surface area contributed by atoms with Gasteiger partial charge in [0.15, 0.2) is 5.82 Å². The number of hydrogen-bond donors (Lipinski definition) is 3. The molecule has 0 atom stereocenters. The Balaban J connectivity index is 1.49. The minimum absolute atomic E-state index is 0.228. The summed E-state index contributed by atoms with van der Waals surface area (Å²) in [4.78, 5) is 16.9. The van der Waals surface area contributed by atoms with Gasteiger partial charge in [-0.05, 0) is 63.2 Å². The zero-order valence-electron chi connectivity index (χ0n) is 18.2. The molecular formula is C24H25N7O. The Morgan fingerprint density at radius 2 is 1.81 bits per heavy atom. The Morgan fingerprint density at radius 1 is 1.06 bits per heavy atom. The van der Waals surface area contributed by atoms with Gasteiger partial charge in [0, 0.05) is 22.9 Å². The third-order valence-corrected chi connectivity index (χ3v) is 5.08. The van der Waals surface area contributed by atoms with Crippen molar-refractivity contribution in [2.75, 3.05) is 16.4 Å². The van der Waals surface area contributed by atoms with Crippen LogP contribution in [-0.4, -0.2) is 25.7 Å². The monoisotopic (exact) mass is 427 g/mol. The highest BCUT2D eigenvalue weighted by Gasteiger charge is 2.13. The van der Waals surface area contributed by atoms with Gasteiger partial charge in [0.05, 0.1) is 29.5 Å². The van der Waals surface area contributed by atoms with E-state index in [1.165, 1.54) is 0 Å². The first-order chi connectivity index (χ1) is 15.4. The molecule has 4 N–H and O–H groups in total. The van der Waals surface area contributed by atoms with E-state index in [2.05, 4.69) is 44.2 Å². The highest BCUT2D eigenvalue weighted by atomic mass is 16.1. The van der Waals surface area contributed by atoms with Gasteiger partial charge in [0.25, 0.3) is 5.91 Å². The first-order valence-electron chi connectivity index (χ1n) is 10.3. The Bertz CT molecular complexity index is 1250. The van der Waals surface area contributed by atoms with Gasteiger partial charge in [0.2, 0.25) is 0 Å². The predicted octanol–water partition coefficient (Wildman–Crippen LogP) is 4.81. The maximum atomic E-state index is 12.5. The maximum absolute atomic E-state index is 12.5. The summed E-state index contributed by atoms with van der Waals surface area (Å²) in [6, 6.07) is 16.5. The van der Waals surface area contributed by atoms with Crippen molar-refractivity contribution in [1.29, 1.82) is 0 Å². The minimum atomic E-state index is -0.228. The summed E-state index contributed by atoms with van der Waals surface area (Å²) in [6.07, 6.45) is 3.58. The number of anilines is 4. The third kappa shape index (κ3) is 4.44. The van der Waals surface area contributed by atoms with Crippen LogP contribution in [-0.2, 0) is 0 Å². The number of rotatable bonds is 6. The van der Waals surface area contributed by atoms with Crippen molar-refractivity contribution in [3.8, 4) is 11.3 Å². The molecular weight excluding hydrogens is 402 g/mol. The molecule has 4 aromatic rings. The van der Waals surface area contributed by atoms with Crippen molar-refractivity contribution in [3.63, 3.8) is 0 Å². The number of aromatic nitrogens is 4. The molecule has 162 valence electrons. The highest BCUT2D eigenvalue weighted by molar-refractivity contribution is 6.05. The molecule has 0 saturated carbocycles. The van der Waals surface area contributed by atoms with Crippen LogP contribution in [0.15, 0.2) is 67.0 Å². The SMILES string of the molecule is Cc1ncc(-c2cnnc(Nc3ccc(C(=O)Nc4ccccc4N)cc3)c2)n1C(C)C. The van der Waals surface area contributed by atoms with Crippen LogP contribution in [0.2, 0.25) is 0 Å². The number of aryl methyl sites for hydroxylation is 1. The van der Waals surface area contributed by atoms with Crippen LogP contribution in [0.3, 0.4) is 0 Å². The van der Waals surface area contributed by atoms with E-state index >= 15 is 0 Å². The van der Waals surface area contributed by atoms with Gasteiger partial charge in [0.1, 0.15) is 5.82 Å². The summed E-state index contributed by atoms with van der Waals surface area (Å²) >= 11 is 0. The van der Waals surface area contributed by atoms with Gasteiger partial charge >= 0.3 is 0 Å². The summed E-state index contributed by atoms with van der Waals surface area (Å²) in [6.45, 7) is 6.23. The Kier molecular flexibility index (Phi) is 5.85. The molecule has 2 aromatic heterocycles. The van der Waals surface area contributed by atoms with Crippen LogP contribution < -0.4 is 16.4 Å². The summed E-state index contributed by atoms with van der Waals surface area (Å²) < 4.78 is 2.16. The largest absolute Gasteiger partial charge is 0.397 e. The van der Waals surface area contributed by atoms with Crippen molar-refractivity contribution in [3.05, 3.63) is 78.4 Å². The zero-order chi connectivity index (χ0) is 22.7. The third-order valence-electron chi connectivity index (χ3n) is 5.08. The zero-order valence-corrected chi connectivity index (χ0v) is 18.2. The number of hydrogen-bond acceptors (Lipinski definition) is 6. The lowest BCUT2D eigenvalue weighted by Crippen LogP contribution is -2.13. The van der Waals surface area contributed by atoms with Crippen LogP contribution in [0.1, 0.15) is 36.1 Å². The molecule has 0 radical (unpaired) electrons. The highest BCUT2D eigenvalue weighted by Crippen LogP contribution is 2.26. The fraction of sp³-hybridized carbons (Fsp3) is 0.167. The number of carbonyl (C=O) groups is 1. The second-order valence-corrected chi connectivity index (χ2v) is 7.73. The molecule has 0 bridgehead atoms. The lowest BCUT2D eigenvalue weighted by molar-refractivity contribution is 0.102. The summed E-state index contributed by atoms with van der Waals surface area (Å²) in [7, 11) is 0. The van der Waals surface area contributed by atoms with Crippen LogP contribution >= 0.6 is 0 Å². The molecule has 4 rings (SSSR count). The second kappa shape index (κ2) is 8.89. The summed E-state index contributed by atoms with van der Waals surface area (Å²) in [5.41, 5.74) is 10.2. The van der Waals surface area contributed by atoms with E-state index in [4.69, 9.17) is 5.73 Å². The first-order valence-corrected chi connectivity index (χ1v) is 10.3. The number of benzene rings is 2. The molecule has 0 fully saturated rings. The molecule has 0 aliphatic carbocycles. The molecule has 0 aliphatic heterocycles. The second-order valence-electron chi connectivity index (χ2n) is 7.73. The first kappa shape index (κ1) is 21.0. The molecule has 2 heterocycles. The van der Waals surface area contributed by atoms with Gasteiger partial charge in [-0.2, -0.15) is 5.10 Å². The van der Waals surface area contributed by atoms with E-state index in [0.29, 0.717) is 22.8 Å². The molecule has 8 nitrogen and oxygen atoms in total. The van der Waals surface area contributed by atoms with Crippen molar-refractivity contribution in [2.45, 2.75) is 26.8 Å². The summed E-state index contributed by atoms with van der Waals surface area (Å²) in [5.74, 6) is 1.33. The van der Waals surface area contributed by atoms with Crippen LogP contribution in [0, 0.1) is 6.92 Å². The number of nitrogen functional groups attached to an aromatic ring is 1. The molecule has 0 aliphatic rings. The number of para-hydroxylation sites is 2. The standard InChI is InChI=1S/C24H25N7O/c1-15(2)31-16(3)26-14-22(31)18-12-23(30-27-13-18)28-19-10-8-17(9-11-19)24(32)29-21-7-5-4-6-20(21)25/h4-15H,25H2,1-3H3,(H,28,30)(H,29,32). The Morgan fingerprint density at radius 3 is 2.53 bits per heavy atom. The van der Waals surface area contributed by atoms with E-state index in [0.717, 1.165) is 22.8 Å². The normalized spacial score (nSPS) is 10.9. The average Bonchev–Trinajstić information content (AvgIpc) is 3.18. The van der Waals surface area contributed by atoms with Gasteiger partial charge < -0.3 is 20.9 Å². The average molecular weight is 428 g/mol. The quantitative estimate of drug-likeness (QED) is 0.381. The molecule has 1 amide bonds. The number of nitrogens with zero attached hydrogens (tertiary/aromatic N) is 4. The lowest BCUT2D eigenvalue weighted by Gasteiger charge is -2.14. The van der Waals surface area contributed by atoms with Gasteiger partial charge in [-0.25, -0.2) is 4.98 Å². The van der Waals surface area contributed by atoms with E-state index in [1.807, 2.05) is 43.5 Å². The topological polar surface area (TPSA) is 111 Å². The number of nitrogens with two attached hydrogens (primary N) is 1. The van der Waals surface area contributed by atoms with Crippen molar-refractivity contribution in [2.24, 2.45) is 0 Å². The van der Waals surface area contributed by atoms with Gasteiger partial charge in [-0.3, -0.25) is 4.79 Å². The molecule has 0 unspecified atom stereocenters. The Labute approximate surface area is 186 Å². The van der Waals surface area contributed by atoms with Crippen molar-refractivity contribution >= 4 is 28.8 Å². The predicted molar refractivity (Wildman–Crippen MR) is 127 cm³/mol. The van der Waals surface area contributed by atoms with E-state index in [-0.39, 0.29) is 11.9 Å². The van der Waals surface area contributed by atoms with Crippen molar-refractivity contribution < 1.29 is 4.79 Å². The molecule has 0 spiro atoms. The van der Waals surface area contributed by atoms with E-state index < -0.39 is 0 Å². The van der Waals surface area contributed by atoms with Crippen LogP contribution in [0.5, 0.6) is 0 Å². The smallest absolute Gasteiger partial charge is 0.255 e. The summed E-state index contributed by atoms with van der Waals surface area (Å²) in [5, 5.41) is 14.4.